The quantitative estimate of drug-likeness (QED) is 0.797. The average Bonchev–Trinajstić information content (AvgIpc) is 3.07. The Kier molecular flexibility index (Phi) is 4.05. The number of para-hydroxylation sites is 1. The molecule has 1 N–H and O–H groups in total. The number of amides is 1. The number of halogens is 1. The molecule has 23 heavy (non-hydrogen) atoms. The third-order valence-corrected chi connectivity index (χ3v) is 3.26. The van der Waals surface area contributed by atoms with Crippen molar-refractivity contribution in [2.24, 2.45) is 0 Å². The van der Waals surface area contributed by atoms with Gasteiger partial charge < -0.3 is 14.5 Å². The number of oxazole rings is 1. The van der Waals surface area contributed by atoms with Gasteiger partial charge in [0.25, 0.3) is 5.91 Å². The molecule has 1 amide bonds. The van der Waals surface area contributed by atoms with Crippen molar-refractivity contribution in [3.05, 3.63) is 66.4 Å². The Balaban J connectivity index is 1.88. The molecule has 0 aliphatic rings. The number of nitrogens with zero attached hydrogens (tertiary/aromatic N) is 1. The Morgan fingerprint density at radius 2 is 1.91 bits per heavy atom. The van der Waals surface area contributed by atoms with Crippen molar-refractivity contribution in [2.45, 2.75) is 0 Å². The van der Waals surface area contributed by atoms with Gasteiger partial charge in [-0.05, 0) is 36.4 Å². The second-order valence-corrected chi connectivity index (χ2v) is 4.69. The highest BCUT2D eigenvalue weighted by Crippen LogP contribution is 2.26. The van der Waals surface area contributed by atoms with Crippen molar-refractivity contribution in [3.8, 4) is 17.1 Å². The fourth-order valence-corrected chi connectivity index (χ4v) is 2.10. The summed E-state index contributed by atoms with van der Waals surface area (Å²) < 4.78 is 24.0. The molecule has 116 valence electrons. The number of benzene rings is 2. The summed E-state index contributed by atoms with van der Waals surface area (Å²) in [6.07, 6.45) is 1.18. The molecule has 0 aliphatic heterocycles. The molecular weight excluding hydrogens is 299 g/mol. The molecule has 0 unspecified atom stereocenters. The van der Waals surface area contributed by atoms with E-state index in [9.17, 15) is 9.18 Å². The molecule has 3 rings (SSSR count). The molecule has 0 saturated carbocycles. The van der Waals surface area contributed by atoms with Crippen LogP contribution in [0.1, 0.15) is 10.5 Å². The minimum absolute atomic E-state index is 0.0819. The molecule has 6 heteroatoms. The molecule has 5 nitrogen and oxygen atoms in total. The van der Waals surface area contributed by atoms with Gasteiger partial charge in [-0.2, -0.15) is 0 Å². The molecule has 1 heterocycles. The van der Waals surface area contributed by atoms with Gasteiger partial charge in [-0.1, -0.05) is 12.1 Å². The molecular formula is C17H13FN2O3. The zero-order chi connectivity index (χ0) is 16.2. The zero-order valence-electron chi connectivity index (χ0n) is 12.2. The van der Waals surface area contributed by atoms with Crippen LogP contribution in [0, 0.1) is 5.82 Å². The molecule has 1 aromatic heterocycles. The monoisotopic (exact) mass is 312 g/mol. The van der Waals surface area contributed by atoms with Crippen molar-refractivity contribution in [2.75, 3.05) is 12.4 Å². The topological polar surface area (TPSA) is 64.4 Å². The van der Waals surface area contributed by atoms with E-state index in [0.29, 0.717) is 17.1 Å². The van der Waals surface area contributed by atoms with Crippen LogP contribution in [0.25, 0.3) is 11.3 Å². The van der Waals surface area contributed by atoms with E-state index in [1.807, 2.05) is 0 Å². The number of rotatable bonds is 4. The fraction of sp³-hybridized carbons (Fsp3) is 0.0588. The van der Waals surface area contributed by atoms with Crippen LogP contribution in [0.15, 0.2) is 59.3 Å². The lowest BCUT2D eigenvalue weighted by Gasteiger charge is -2.06. The fourth-order valence-electron chi connectivity index (χ4n) is 2.10. The Labute approximate surface area is 131 Å². The van der Waals surface area contributed by atoms with Gasteiger partial charge in [0.1, 0.15) is 11.6 Å². The summed E-state index contributed by atoms with van der Waals surface area (Å²) in [5.74, 6) is -0.0721. The van der Waals surface area contributed by atoms with Gasteiger partial charge in [-0.15, -0.1) is 0 Å². The summed E-state index contributed by atoms with van der Waals surface area (Å²) in [6.45, 7) is 0. The van der Waals surface area contributed by atoms with Crippen LogP contribution in [0.3, 0.4) is 0 Å². The summed E-state index contributed by atoms with van der Waals surface area (Å²) >= 11 is 0. The predicted molar refractivity (Wildman–Crippen MR) is 82.8 cm³/mol. The number of carbonyl (C=O) groups excluding carboxylic acids is 1. The second kappa shape index (κ2) is 6.31. The number of hydrogen-bond donors (Lipinski definition) is 1. The van der Waals surface area contributed by atoms with Gasteiger partial charge in [0.05, 0.1) is 12.8 Å². The molecule has 2 aromatic carbocycles. The minimum Gasteiger partial charge on any atom is -0.497 e. The molecule has 3 aromatic rings. The molecule has 0 aliphatic carbocycles. The van der Waals surface area contributed by atoms with Crippen LogP contribution >= 0.6 is 0 Å². The maximum atomic E-state index is 13.6. The van der Waals surface area contributed by atoms with Crippen LogP contribution in [-0.2, 0) is 0 Å². The number of methoxy groups -OCH3 is 1. The summed E-state index contributed by atoms with van der Waals surface area (Å²) in [4.78, 5) is 16.2. The first kappa shape index (κ1) is 14.8. The first-order valence-corrected chi connectivity index (χ1v) is 6.83. The van der Waals surface area contributed by atoms with Gasteiger partial charge in [0.2, 0.25) is 0 Å². The van der Waals surface area contributed by atoms with E-state index >= 15 is 0 Å². The Morgan fingerprint density at radius 3 is 2.61 bits per heavy atom. The Hall–Kier alpha value is -3.15. The standard InChI is InChI=1S/C17H13FN2O3/c1-22-12-8-6-11(7-9-12)16-15(19-10-23-16)17(21)20-14-5-3-2-4-13(14)18/h2-10H,1H3,(H,20,21). The SMILES string of the molecule is COc1ccc(-c2ocnc2C(=O)Nc2ccccc2F)cc1. The highest BCUT2D eigenvalue weighted by atomic mass is 19.1. The van der Waals surface area contributed by atoms with Gasteiger partial charge in [-0.3, -0.25) is 4.79 Å². The van der Waals surface area contributed by atoms with E-state index in [-0.39, 0.29) is 11.4 Å². The van der Waals surface area contributed by atoms with Crippen LogP contribution in [0.5, 0.6) is 5.75 Å². The van der Waals surface area contributed by atoms with Crippen molar-refractivity contribution >= 4 is 11.6 Å². The summed E-state index contributed by atoms with van der Waals surface area (Å²) in [5, 5.41) is 2.48. The third-order valence-electron chi connectivity index (χ3n) is 3.26. The number of anilines is 1. The lowest BCUT2D eigenvalue weighted by Crippen LogP contribution is -2.14. The maximum Gasteiger partial charge on any atom is 0.278 e. The number of nitrogens with one attached hydrogen (secondary N) is 1. The van der Waals surface area contributed by atoms with E-state index in [4.69, 9.17) is 9.15 Å². The van der Waals surface area contributed by atoms with Crippen LogP contribution in [-0.4, -0.2) is 18.0 Å². The summed E-state index contributed by atoms with van der Waals surface area (Å²) in [5.41, 5.74) is 0.835. The molecule has 0 spiro atoms. The lowest BCUT2D eigenvalue weighted by molar-refractivity contribution is 0.102. The molecule has 0 atom stereocenters. The highest BCUT2D eigenvalue weighted by Gasteiger charge is 2.19. The third kappa shape index (κ3) is 3.06. The average molecular weight is 312 g/mol. The first-order valence-electron chi connectivity index (χ1n) is 6.83. The van der Waals surface area contributed by atoms with Crippen LogP contribution in [0.4, 0.5) is 10.1 Å². The van der Waals surface area contributed by atoms with E-state index in [1.54, 1.807) is 43.5 Å². The molecule has 0 radical (unpaired) electrons. The number of ether oxygens (including phenoxy) is 1. The highest BCUT2D eigenvalue weighted by molar-refractivity contribution is 6.06. The normalized spacial score (nSPS) is 10.3. The zero-order valence-corrected chi connectivity index (χ0v) is 12.2. The first-order chi connectivity index (χ1) is 11.2. The molecule has 0 saturated heterocycles. The number of hydrogen-bond acceptors (Lipinski definition) is 4. The van der Waals surface area contributed by atoms with Crippen molar-refractivity contribution in [3.63, 3.8) is 0 Å². The van der Waals surface area contributed by atoms with Crippen LogP contribution < -0.4 is 10.1 Å². The second-order valence-electron chi connectivity index (χ2n) is 4.69. The van der Waals surface area contributed by atoms with E-state index in [2.05, 4.69) is 10.3 Å². The Bertz CT molecular complexity index is 828. The van der Waals surface area contributed by atoms with Gasteiger partial charge in [-0.25, -0.2) is 9.37 Å². The Morgan fingerprint density at radius 1 is 1.17 bits per heavy atom. The van der Waals surface area contributed by atoms with Crippen molar-refractivity contribution in [1.29, 1.82) is 0 Å². The molecule has 0 bridgehead atoms. The van der Waals surface area contributed by atoms with E-state index in [1.165, 1.54) is 18.5 Å². The number of carbonyl (C=O) groups is 1. The summed E-state index contributed by atoms with van der Waals surface area (Å²) in [6, 6.07) is 12.9. The summed E-state index contributed by atoms with van der Waals surface area (Å²) in [7, 11) is 1.57. The molecule has 0 fully saturated rings. The predicted octanol–water partition coefficient (Wildman–Crippen LogP) is 3.74. The van der Waals surface area contributed by atoms with Crippen molar-refractivity contribution < 1.29 is 18.3 Å². The van der Waals surface area contributed by atoms with E-state index in [0.717, 1.165) is 0 Å². The van der Waals surface area contributed by atoms with Gasteiger partial charge in [0, 0.05) is 5.56 Å². The van der Waals surface area contributed by atoms with Gasteiger partial charge in [0.15, 0.2) is 17.8 Å². The number of aromatic nitrogens is 1. The largest absolute Gasteiger partial charge is 0.497 e. The van der Waals surface area contributed by atoms with Gasteiger partial charge >= 0.3 is 0 Å². The van der Waals surface area contributed by atoms with E-state index < -0.39 is 11.7 Å². The smallest absolute Gasteiger partial charge is 0.278 e. The van der Waals surface area contributed by atoms with Crippen LogP contribution in [0.2, 0.25) is 0 Å². The minimum atomic E-state index is -0.547. The maximum absolute atomic E-state index is 13.6. The lowest BCUT2D eigenvalue weighted by atomic mass is 10.1. The van der Waals surface area contributed by atoms with Crippen molar-refractivity contribution in [1.82, 2.24) is 4.98 Å².